The van der Waals surface area contributed by atoms with Crippen molar-refractivity contribution in [3.63, 3.8) is 0 Å². The summed E-state index contributed by atoms with van der Waals surface area (Å²) in [5.74, 6) is 0.175. The first-order valence-corrected chi connectivity index (χ1v) is 13.1. The number of nitrogens with zero attached hydrogens (tertiary/aromatic N) is 1. The Kier molecular flexibility index (Phi) is 12.7. The molecular weight excluding hydrogens is 516 g/mol. The molecule has 1 aromatic rings. The summed E-state index contributed by atoms with van der Waals surface area (Å²) in [6.07, 6.45) is 4.25. The Bertz CT molecular complexity index is 1100. The molecule has 0 saturated carbocycles. The Morgan fingerprint density at radius 3 is 2.10 bits per heavy atom. The van der Waals surface area contributed by atoms with Crippen LogP contribution in [0.1, 0.15) is 84.9 Å². The molecule has 0 saturated heterocycles. The molecule has 1 rings (SSSR count). The van der Waals surface area contributed by atoms with E-state index in [2.05, 4.69) is 16.6 Å². The van der Waals surface area contributed by atoms with Crippen molar-refractivity contribution in [3.8, 4) is 12.3 Å². The van der Waals surface area contributed by atoms with Gasteiger partial charge in [-0.15, -0.1) is 6.42 Å². The van der Waals surface area contributed by atoms with E-state index in [1.165, 1.54) is 4.90 Å². The number of benzene rings is 1. The average Bonchev–Trinajstić information content (AvgIpc) is 2.82. The summed E-state index contributed by atoms with van der Waals surface area (Å²) in [5, 5.41) is 5.24. The Labute approximate surface area is 236 Å². The van der Waals surface area contributed by atoms with Gasteiger partial charge in [0.05, 0.1) is 13.0 Å². The lowest BCUT2D eigenvalue weighted by Crippen LogP contribution is -2.58. The molecule has 0 bridgehead atoms. The SMILES string of the molecule is C#Cc1ccc(C(C(=O)NCCC(=O)OCC)N(C(=O)C(CCC(N)=O)NC(=O)OC(C)(C)C)C(C)(C)C)cc1. The first-order valence-electron chi connectivity index (χ1n) is 13.1. The van der Waals surface area contributed by atoms with Gasteiger partial charge in [0.15, 0.2) is 0 Å². The monoisotopic (exact) mass is 558 g/mol. The van der Waals surface area contributed by atoms with Crippen LogP contribution in [-0.4, -0.2) is 65.0 Å². The van der Waals surface area contributed by atoms with E-state index in [0.717, 1.165) is 0 Å². The highest BCUT2D eigenvalue weighted by Crippen LogP contribution is 2.31. The maximum atomic E-state index is 14.1. The van der Waals surface area contributed by atoms with Gasteiger partial charge in [0.2, 0.25) is 17.7 Å². The zero-order valence-corrected chi connectivity index (χ0v) is 24.5. The number of terminal acetylenes is 1. The van der Waals surface area contributed by atoms with E-state index in [9.17, 15) is 24.0 Å². The molecule has 0 aliphatic carbocycles. The van der Waals surface area contributed by atoms with Crippen LogP contribution in [0.2, 0.25) is 0 Å². The van der Waals surface area contributed by atoms with E-state index in [1.54, 1.807) is 72.7 Å². The quantitative estimate of drug-likeness (QED) is 0.263. The maximum absolute atomic E-state index is 14.1. The van der Waals surface area contributed by atoms with Crippen molar-refractivity contribution in [2.45, 2.75) is 91.0 Å². The summed E-state index contributed by atoms with van der Waals surface area (Å²) in [5.41, 5.74) is 4.56. The lowest BCUT2D eigenvalue weighted by molar-refractivity contribution is -0.149. The summed E-state index contributed by atoms with van der Waals surface area (Å²) in [7, 11) is 0. The molecule has 11 heteroatoms. The molecule has 0 radical (unpaired) electrons. The first-order chi connectivity index (χ1) is 18.5. The van der Waals surface area contributed by atoms with E-state index in [-0.39, 0.29) is 32.4 Å². The molecule has 0 aliphatic heterocycles. The van der Waals surface area contributed by atoms with Gasteiger partial charge < -0.3 is 30.7 Å². The predicted molar refractivity (Wildman–Crippen MR) is 150 cm³/mol. The Balaban J connectivity index is 3.53. The zero-order chi connectivity index (χ0) is 30.7. The number of amides is 4. The third-order valence-electron chi connectivity index (χ3n) is 5.46. The first kappa shape index (κ1) is 34.0. The van der Waals surface area contributed by atoms with Crippen LogP contribution in [0.4, 0.5) is 4.79 Å². The molecule has 40 heavy (non-hydrogen) atoms. The van der Waals surface area contributed by atoms with Crippen molar-refractivity contribution in [1.82, 2.24) is 15.5 Å². The van der Waals surface area contributed by atoms with Gasteiger partial charge in [0.1, 0.15) is 17.7 Å². The lowest BCUT2D eigenvalue weighted by atomic mass is 9.94. The summed E-state index contributed by atoms with van der Waals surface area (Å²) in [6, 6.07) is 4.14. The number of nitrogens with one attached hydrogen (secondary N) is 2. The number of hydrogen-bond acceptors (Lipinski definition) is 7. The number of alkyl carbamates (subject to hydrolysis) is 1. The van der Waals surface area contributed by atoms with Crippen LogP contribution in [0.5, 0.6) is 0 Å². The van der Waals surface area contributed by atoms with Gasteiger partial charge in [-0.05, 0) is 72.6 Å². The number of carbonyl (C=O) groups excluding carboxylic acids is 5. The van der Waals surface area contributed by atoms with Crippen molar-refractivity contribution in [2.24, 2.45) is 5.73 Å². The fraction of sp³-hybridized carbons (Fsp3) is 0.552. The molecule has 4 amide bonds. The van der Waals surface area contributed by atoms with Crippen molar-refractivity contribution < 1.29 is 33.4 Å². The van der Waals surface area contributed by atoms with Crippen LogP contribution < -0.4 is 16.4 Å². The number of carbonyl (C=O) groups is 5. The summed E-state index contributed by atoms with van der Waals surface area (Å²) in [4.78, 5) is 65.1. The predicted octanol–water partition coefficient (Wildman–Crippen LogP) is 2.56. The number of esters is 1. The van der Waals surface area contributed by atoms with Gasteiger partial charge in [-0.25, -0.2) is 4.79 Å². The molecule has 0 heterocycles. The third-order valence-corrected chi connectivity index (χ3v) is 5.46. The third kappa shape index (κ3) is 11.4. The lowest BCUT2D eigenvalue weighted by Gasteiger charge is -2.43. The maximum Gasteiger partial charge on any atom is 0.408 e. The van der Waals surface area contributed by atoms with E-state index >= 15 is 0 Å². The molecule has 0 spiro atoms. The normalized spacial score (nSPS) is 12.8. The van der Waals surface area contributed by atoms with Crippen LogP contribution in [0.15, 0.2) is 24.3 Å². The molecular formula is C29H42N4O7. The van der Waals surface area contributed by atoms with E-state index < -0.39 is 53.0 Å². The van der Waals surface area contributed by atoms with Gasteiger partial charge in [-0.1, -0.05) is 18.1 Å². The van der Waals surface area contributed by atoms with Crippen LogP contribution >= 0.6 is 0 Å². The van der Waals surface area contributed by atoms with Crippen molar-refractivity contribution in [2.75, 3.05) is 13.2 Å². The fourth-order valence-electron chi connectivity index (χ4n) is 3.80. The van der Waals surface area contributed by atoms with Crippen LogP contribution in [0, 0.1) is 12.3 Å². The molecule has 0 fully saturated rings. The van der Waals surface area contributed by atoms with Crippen LogP contribution in [0.3, 0.4) is 0 Å². The topological polar surface area (TPSA) is 157 Å². The smallest absolute Gasteiger partial charge is 0.408 e. The minimum Gasteiger partial charge on any atom is -0.466 e. The molecule has 0 aromatic heterocycles. The minimum absolute atomic E-state index is 0.0238. The minimum atomic E-state index is -1.23. The van der Waals surface area contributed by atoms with Crippen LogP contribution in [0.25, 0.3) is 0 Å². The van der Waals surface area contributed by atoms with Gasteiger partial charge in [0, 0.05) is 24.1 Å². The molecule has 2 atom stereocenters. The average molecular weight is 559 g/mol. The van der Waals surface area contributed by atoms with Crippen molar-refractivity contribution in [3.05, 3.63) is 35.4 Å². The highest BCUT2D eigenvalue weighted by Gasteiger charge is 2.42. The van der Waals surface area contributed by atoms with Gasteiger partial charge in [-0.3, -0.25) is 19.2 Å². The molecule has 220 valence electrons. The highest BCUT2D eigenvalue weighted by atomic mass is 16.6. The van der Waals surface area contributed by atoms with Gasteiger partial charge in [-0.2, -0.15) is 0 Å². The zero-order valence-electron chi connectivity index (χ0n) is 24.5. The number of hydrogen-bond donors (Lipinski definition) is 3. The highest BCUT2D eigenvalue weighted by molar-refractivity contribution is 5.93. The number of rotatable bonds is 12. The molecule has 1 aromatic carbocycles. The van der Waals surface area contributed by atoms with E-state index in [1.807, 2.05) is 0 Å². The summed E-state index contributed by atoms with van der Waals surface area (Å²) >= 11 is 0. The molecule has 4 N–H and O–H groups in total. The molecule has 0 aliphatic rings. The summed E-state index contributed by atoms with van der Waals surface area (Å²) < 4.78 is 10.2. The molecule has 11 nitrogen and oxygen atoms in total. The number of primary amides is 1. The Morgan fingerprint density at radius 1 is 1.02 bits per heavy atom. The molecule has 2 unspecified atom stereocenters. The number of ether oxygens (including phenoxy) is 2. The Morgan fingerprint density at radius 2 is 1.62 bits per heavy atom. The second-order valence-corrected chi connectivity index (χ2v) is 11.1. The second kappa shape index (κ2) is 14.9. The van der Waals surface area contributed by atoms with Gasteiger partial charge >= 0.3 is 12.1 Å². The van der Waals surface area contributed by atoms with Crippen LogP contribution in [-0.2, 0) is 28.7 Å². The number of nitrogens with two attached hydrogens (primary N) is 1. The standard InChI is InChI=1S/C29H42N4O7/c1-9-19-11-13-20(14-12-19)24(25(36)31-18-17-23(35)39-10-2)33(28(3,4)5)26(37)21(15-16-22(30)34)32-27(38)40-29(6,7)8/h1,11-14,21,24H,10,15-18H2,2-8H3,(H2,30,34)(H,31,36)(H,32,38). The van der Waals surface area contributed by atoms with Crippen molar-refractivity contribution >= 4 is 29.8 Å². The van der Waals surface area contributed by atoms with Crippen molar-refractivity contribution in [1.29, 1.82) is 0 Å². The van der Waals surface area contributed by atoms with Gasteiger partial charge in [0.25, 0.3) is 0 Å². The van der Waals surface area contributed by atoms with E-state index in [4.69, 9.17) is 21.6 Å². The second-order valence-electron chi connectivity index (χ2n) is 11.1. The fourth-order valence-corrected chi connectivity index (χ4v) is 3.80. The van der Waals surface area contributed by atoms with E-state index in [0.29, 0.717) is 11.1 Å². The largest absolute Gasteiger partial charge is 0.466 e. The summed E-state index contributed by atoms with van der Waals surface area (Å²) in [6.45, 7) is 12.1. The Hall–Kier alpha value is -4.07.